The van der Waals surface area contributed by atoms with E-state index in [-0.39, 0.29) is 28.1 Å². The number of benzene rings is 2. The monoisotopic (exact) mass is 420 g/mol. The molecule has 0 saturated carbocycles. The first-order chi connectivity index (χ1) is 13.0. The molecule has 2 aromatic carbocycles. The lowest BCUT2D eigenvalue weighted by Crippen LogP contribution is -2.33. The predicted molar refractivity (Wildman–Crippen MR) is 109 cm³/mol. The highest BCUT2D eigenvalue weighted by Gasteiger charge is 2.50. The third-order valence-electron chi connectivity index (χ3n) is 4.66. The fraction of sp³-hybridized carbons (Fsp3) is 0.300. The van der Waals surface area contributed by atoms with Crippen LogP contribution in [-0.2, 0) is 14.8 Å². The standard InChI is InChI=1S/C20H21ClN2O4S/c1-13(14-7-5-4-6-8-14)22-18(24)16-11-15(9-10-17(16)21)23-19(25)20(2,3)12-28(23,26)27/h4-11,13H,12H2,1-3H3,(H,22,24). The average Bonchev–Trinajstić information content (AvgIpc) is 2.79. The highest BCUT2D eigenvalue weighted by Crippen LogP contribution is 2.37. The van der Waals surface area contributed by atoms with Gasteiger partial charge in [0, 0.05) is 0 Å². The number of sulfonamides is 1. The van der Waals surface area contributed by atoms with Crippen LogP contribution in [0.5, 0.6) is 0 Å². The van der Waals surface area contributed by atoms with E-state index in [1.807, 2.05) is 37.3 Å². The molecule has 0 bridgehead atoms. The summed E-state index contributed by atoms with van der Waals surface area (Å²) in [6.45, 7) is 5.00. The second-order valence-electron chi connectivity index (χ2n) is 7.48. The van der Waals surface area contributed by atoms with Gasteiger partial charge in [-0.1, -0.05) is 41.9 Å². The van der Waals surface area contributed by atoms with Crippen molar-refractivity contribution < 1.29 is 18.0 Å². The van der Waals surface area contributed by atoms with Crippen molar-refractivity contribution in [1.29, 1.82) is 0 Å². The van der Waals surface area contributed by atoms with Gasteiger partial charge in [-0.2, -0.15) is 0 Å². The Hall–Kier alpha value is -2.38. The van der Waals surface area contributed by atoms with Gasteiger partial charge in [0.25, 0.3) is 5.91 Å². The van der Waals surface area contributed by atoms with Gasteiger partial charge in [-0.25, -0.2) is 12.7 Å². The number of amides is 2. The molecular weight excluding hydrogens is 400 g/mol. The van der Waals surface area contributed by atoms with Crippen molar-refractivity contribution in [2.75, 3.05) is 10.1 Å². The molecule has 0 radical (unpaired) electrons. The van der Waals surface area contributed by atoms with Crippen molar-refractivity contribution in [2.45, 2.75) is 26.8 Å². The SMILES string of the molecule is CC(NC(=O)c1cc(N2C(=O)C(C)(C)CS2(=O)=O)ccc1Cl)c1ccccc1. The Labute approximate surface area is 169 Å². The van der Waals surface area contributed by atoms with Crippen molar-refractivity contribution in [3.63, 3.8) is 0 Å². The van der Waals surface area contributed by atoms with Gasteiger partial charge >= 0.3 is 0 Å². The number of carbonyl (C=O) groups is 2. The van der Waals surface area contributed by atoms with Crippen LogP contribution in [0, 0.1) is 5.41 Å². The number of halogens is 1. The maximum atomic E-state index is 12.7. The predicted octanol–water partition coefficient (Wildman–Crippen LogP) is 3.53. The lowest BCUT2D eigenvalue weighted by Gasteiger charge is -2.19. The van der Waals surface area contributed by atoms with Gasteiger partial charge in [-0.15, -0.1) is 0 Å². The maximum absolute atomic E-state index is 12.7. The van der Waals surface area contributed by atoms with Crippen molar-refractivity contribution in [1.82, 2.24) is 5.32 Å². The Kier molecular flexibility index (Phi) is 5.25. The smallest absolute Gasteiger partial charge is 0.253 e. The highest BCUT2D eigenvalue weighted by atomic mass is 35.5. The number of carbonyl (C=O) groups excluding carboxylic acids is 2. The summed E-state index contributed by atoms with van der Waals surface area (Å²) in [5.41, 5.74) is 0.109. The Bertz CT molecular complexity index is 1040. The van der Waals surface area contributed by atoms with Gasteiger partial charge in [0.15, 0.2) is 0 Å². The zero-order valence-corrected chi connectivity index (χ0v) is 17.3. The van der Waals surface area contributed by atoms with Crippen LogP contribution in [0.3, 0.4) is 0 Å². The zero-order valence-electron chi connectivity index (χ0n) is 15.8. The minimum atomic E-state index is -3.81. The Morgan fingerprint density at radius 2 is 1.82 bits per heavy atom. The zero-order chi connectivity index (χ0) is 20.7. The summed E-state index contributed by atoms with van der Waals surface area (Å²) in [7, 11) is -3.81. The average molecular weight is 421 g/mol. The first kappa shape index (κ1) is 20.4. The van der Waals surface area contributed by atoms with Crippen LogP contribution in [0.25, 0.3) is 0 Å². The third kappa shape index (κ3) is 3.77. The van der Waals surface area contributed by atoms with E-state index < -0.39 is 27.3 Å². The van der Waals surface area contributed by atoms with Crippen LogP contribution < -0.4 is 9.62 Å². The van der Waals surface area contributed by atoms with E-state index in [9.17, 15) is 18.0 Å². The summed E-state index contributed by atoms with van der Waals surface area (Å²) >= 11 is 6.18. The number of rotatable bonds is 4. The molecule has 3 rings (SSSR count). The molecule has 8 heteroatoms. The number of hydrogen-bond donors (Lipinski definition) is 1. The molecule has 2 amide bonds. The van der Waals surface area contributed by atoms with Crippen LogP contribution >= 0.6 is 11.6 Å². The van der Waals surface area contributed by atoms with E-state index in [2.05, 4.69) is 5.32 Å². The Balaban J connectivity index is 1.92. The largest absolute Gasteiger partial charge is 0.345 e. The third-order valence-corrected chi connectivity index (χ3v) is 7.01. The fourth-order valence-corrected chi connectivity index (χ4v) is 5.48. The second-order valence-corrected chi connectivity index (χ2v) is 9.70. The lowest BCUT2D eigenvalue weighted by molar-refractivity contribution is -0.123. The van der Waals surface area contributed by atoms with Crippen LogP contribution in [0.15, 0.2) is 48.5 Å². The molecule has 6 nitrogen and oxygen atoms in total. The quantitative estimate of drug-likeness (QED) is 0.820. The van der Waals surface area contributed by atoms with E-state index in [4.69, 9.17) is 11.6 Å². The topological polar surface area (TPSA) is 83.6 Å². The van der Waals surface area contributed by atoms with E-state index in [0.29, 0.717) is 0 Å². The summed E-state index contributed by atoms with van der Waals surface area (Å²) in [6.07, 6.45) is 0. The molecule has 0 spiro atoms. The molecule has 1 fully saturated rings. The number of hydrogen-bond acceptors (Lipinski definition) is 4. The summed E-state index contributed by atoms with van der Waals surface area (Å²) in [5, 5.41) is 3.01. The summed E-state index contributed by atoms with van der Waals surface area (Å²) in [5.74, 6) is -1.26. The molecule has 148 valence electrons. The van der Waals surface area contributed by atoms with Crippen LogP contribution in [0.2, 0.25) is 5.02 Å². The van der Waals surface area contributed by atoms with Crippen LogP contribution in [-0.4, -0.2) is 26.0 Å². The number of nitrogens with zero attached hydrogens (tertiary/aromatic N) is 1. The van der Waals surface area contributed by atoms with Gasteiger partial charge < -0.3 is 5.32 Å². The van der Waals surface area contributed by atoms with Crippen LogP contribution in [0.4, 0.5) is 5.69 Å². The van der Waals surface area contributed by atoms with Crippen molar-refractivity contribution in [2.24, 2.45) is 5.41 Å². The molecule has 1 unspecified atom stereocenters. The van der Waals surface area contributed by atoms with Crippen molar-refractivity contribution in [3.05, 3.63) is 64.7 Å². The normalized spacial score (nSPS) is 18.7. The number of nitrogens with one attached hydrogen (secondary N) is 1. The molecular formula is C20H21ClN2O4S. The van der Waals surface area contributed by atoms with Gasteiger partial charge in [-0.3, -0.25) is 9.59 Å². The van der Waals surface area contributed by atoms with Crippen LogP contribution in [0.1, 0.15) is 42.7 Å². The molecule has 0 aromatic heterocycles. The summed E-state index contributed by atoms with van der Waals surface area (Å²) in [4.78, 5) is 25.3. The molecule has 2 aromatic rings. The van der Waals surface area contributed by atoms with Gasteiger partial charge in [0.05, 0.1) is 33.5 Å². The van der Waals surface area contributed by atoms with E-state index in [0.717, 1.165) is 9.87 Å². The molecule has 28 heavy (non-hydrogen) atoms. The molecule has 1 aliphatic rings. The summed E-state index contributed by atoms with van der Waals surface area (Å²) < 4.78 is 25.7. The second kappa shape index (κ2) is 7.22. The minimum absolute atomic E-state index is 0.106. The van der Waals surface area contributed by atoms with E-state index >= 15 is 0 Å². The van der Waals surface area contributed by atoms with Crippen molar-refractivity contribution >= 4 is 39.1 Å². The molecule has 1 atom stereocenters. The molecule has 1 heterocycles. The van der Waals surface area contributed by atoms with E-state index in [1.54, 1.807) is 13.8 Å². The molecule has 1 aliphatic heterocycles. The first-order valence-corrected chi connectivity index (χ1v) is 10.7. The highest BCUT2D eigenvalue weighted by molar-refractivity contribution is 7.94. The van der Waals surface area contributed by atoms with Gasteiger partial charge in [-0.05, 0) is 44.5 Å². The number of anilines is 1. The summed E-state index contributed by atoms with van der Waals surface area (Å²) in [6, 6.07) is 13.3. The molecule has 1 N–H and O–H groups in total. The minimum Gasteiger partial charge on any atom is -0.345 e. The molecule has 1 saturated heterocycles. The lowest BCUT2D eigenvalue weighted by atomic mass is 9.95. The molecule has 0 aliphatic carbocycles. The Morgan fingerprint density at radius 1 is 1.18 bits per heavy atom. The van der Waals surface area contributed by atoms with E-state index in [1.165, 1.54) is 18.2 Å². The maximum Gasteiger partial charge on any atom is 0.253 e. The van der Waals surface area contributed by atoms with Gasteiger partial charge in [0.1, 0.15) is 0 Å². The van der Waals surface area contributed by atoms with Gasteiger partial charge in [0.2, 0.25) is 15.9 Å². The first-order valence-electron chi connectivity index (χ1n) is 8.76. The Morgan fingerprint density at radius 3 is 2.39 bits per heavy atom. The fourth-order valence-electron chi connectivity index (χ4n) is 3.17. The van der Waals surface area contributed by atoms with Crippen molar-refractivity contribution in [3.8, 4) is 0 Å².